The quantitative estimate of drug-likeness (QED) is 0.352. The highest BCUT2D eigenvalue weighted by Gasteiger charge is 2.25. The highest BCUT2D eigenvalue weighted by Crippen LogP contribution is 2.33. The normalized spacial score (nSPS) is 17.3. The summed E-state index contributed by atoms with van der Waals surface area (Å²) in [6.07, 6.45) is 7.18. The zero-order valence-corrected chi connectivity index (χ0v) is 20.0. The number of likely N-dealkylation sites (N-methyl/N-ethyl adjacent to an activating group) is 1. The molecule has 0 unspecified atom stereocenters. The number of fused-ring (bicyclic) bond motifs is 2. The number of nitrogens with one attached hydrogen (secondary N) is 2. The molecule has 0 radical (unpaired) electrons. The van der Waals surface area contributed by atoms with E-state index < -0.39 is 0 Å². The number of rotatable bonds is 4. The summed E-state index contributed by atoms with van der Waals surface area (Å²) in [5, 5.41) is 9.81. The van der Waals surface area contributed by atoms with E-state index in [1.165, 1.54) is 5.69 Å². The molecular weight excluding hydrogens is 454 g/mol. The fraction of sp³-hybridized carbons (Fsp3) is 0.320. The van der Waals surface area contributed by atoms with E-state index in [-0.39, 0.29) is 6.04 Å². The summed E-state index contributed by atoms with van der Waals surface area (Å²) in [5.41, 5.74) is 12.1. The SMILES string of the molecule is CN1CCN(c2ccnc3[nH]c(-c4n[nH]c5cnc(-c6cncc(N7CC(N)C7)n6)cc45)cc23)CC1. The minimum atomic E-state index is 0.195. The second kappa shape index (κ2) is 8.25. The van der Waals surface area contributed by atoms with Gasteiger partial charge in [0.2, 0.25) is 0 Å². The summed E-state index contributed by atoms with van der Waals surface area (Å²) < 4.78 is 0. The van der Waals surface area contributed by atoms with Crippen molar-refractivity contribution in [1.29, 1.82) is 0 Å². The van der Waals surface area contributed by atoms with Gasteiger partial charge < -0.3 is 25.4 Å². The van der Waals surface area contributed by atoms with Crippen LogP contribution in [-0.2, 0) is 0 Å². The van der Waals surface area contributed by atoms with E-state index in [1.54, 1.807) is 18.6 Å². The molecule has 2 aliphatic heterocycles. The van der Waals surface area contributed by atoms with Crippen LogP contribution >= 0.6 is 0 Å². The molecule has 11 nitrogen and oxygen atoms in total. The predicted molar refractivity (Wildman–Crippen MR) is 140 cm³/mol. The largest absolute Gasteiger partial charge is 0.368 e. The molecule has 4 N–H and O–H groups in total. The number of nitrogens with zero attached hydrogens (tertiary/aromatic N) is 8. The van der Waals surface area contributed by atoms with Gasteiger partial charge in [0.05, 0.1) is 35.5 Å². The highest BCUT2D eigenvalue weighted by molar-refractivity contribution is 5.99. The third kappa shape index (κ3) is 3.55. The summed E-state index contributed by atoms with van der Waals surface area (Å²) in [7, 11) is 2.17. The first-order valence-corrected chi connectivity index (χ1v) is 12.2. The lowest BCUT2D eigenvalue weighted by Gasteiger charge is -2.37. The molecular formula is C25H27N11. The molecule has 0 aromatic carbocycles. The van der Waals surface area contributed by atoms with Gasteiger partial charge in [0.1, 0.15) is 22.9 Å². The van der Waals surface area contributed by atoms with Gasteiger partial charge in [-0.25, -0.2) is 9.97 Å². The van der Waals surface area contributed by atoms with Gasteiger partial charge in [-0.1, -0.05) is 0 Å². The molecule has 2 saturated heterocycles. The van der Waals surface area contributed by atoms with E-state index in [0.29, 0.717) is 0 Å². The number of H-pyrrole nitrogens is 2. The molecule has 5 aromatic heterocycles. The second-order valence-electron chi connectivity index (χ2n) is 9.68. The molecule has 5 aromatic rings. The average Bonchev–Trinajstić information content (AvgIpc) is 3.51. The molecule has 11 heteroatoms. The van der Waals surface area contributed by atoms with E-state index in [2.05, 4.69) is 64.0 Å². The Morgan fingerprint density at radius 3 is 2.64 bits per heavy atom. The highest BCUT2D eigenvalue weighted by atomic mass is 15.3. The van der Waals surface area contributed by atoms with Crippen molar-refractivity contribution < 1.29 is 0 Å². The molecule has 0 amide bonds. The lowest BCUT2D eigenvalue weighted by Crippen LogP contribution is -2.56. The number of pyridine rings is 2. The van der Waals surface area contributed by atoms with Crippen molar-refractivity contribution in [3.63, 3.8) is 0 Å². The van der Waals surface area contributed by atoms with Gasteiger partial charge in [-0.05, 0) is 25.2 Å². The number of aromatic amines is 2. The topological polar surface area (TPSA) is 132 Å². The third-order valence-corrected chi connectivity index (χ3v) is 7.17. The molecule has 0 spiro atoms. The first kappa shape index (κ1) is 21.2. The number of aromatic nitrogens is 7. The number of piperazine rings is 1. The van der Waals surface area contributed by atoms with Crippen molar-refractivity contribution >= 4 is 33.4 Å². The Labute approximate surface area is 207 Å². The first-order valence-electron chi connectivity index (χ1n) is 12.2. The lowest BCUT2D eigenvalue weighted by molar-refractivity contribution is 0.313. The monoisotopic (exact) mass is 481 g/mol. The second-order valence-corrected chi connectivity index (χ2v) is 9.68. The van der Waals surface area contributed by atoms with Crippen LogP contribution < -0.4 is 15.5 Å². The van der Waals surface area contributed by atoms with Gasteiger partial charge >= 0.3 is 0 Å². The minimum absolute atomic E-state index is 0.195. The van der Waals surface area contributed by atoms with Crippen molar-refractivity contribution in [2.75, 3.05) is 56.1 Å². The van der Waals surface area contributed by atoms with Crippen LogP contribution in [0.15, 0.2) is 43.0 Å². The fourth-order valence-electron chi connectivity index (χ4n) is 5.06. The van der Waals surface area contributed by atoms with Crippen molar-refractivity contribution in [3.05, 3.63) is 43.0 Å². The fourth-order valence-corrected chi connectivity index (χ4v) is 5.06. The number of nitrogens with two attached hydrogens (primary N) is 1. The maximum absolute atomic E-state index is 5.94. The van der Waals surface area contributed by atoms with Crippen molar-refractivity contribution in [2.45, 2.75) is 6.04 Å². The Morgan fingerprint density at radius 1 is 0.944 bits per heavy atom. The number of hydrogen-bond acceptors (Lipinski definition) is 9. The van der Waals surface area contributed by atoms with E-state index >= 15 is 0 Å². The van der Waals surface area contributed by atoms with Gasteiger partial charge in [-0.2, -0.15) is 5.10 Å². The summed E-state index contributed by atoms with van der Waals surface area (Å²) in [5.74, 6) is 0.821. The lowest BCUT2D eigenvalue weighted by atomic mass is 10.1. The summed E-state index contributed by atoms with van der Waals surface area (Å²) in [6.45, 7) is 5.69. The van der Waals surface area contributed by atoms with Crippen LogP contribution in [0.4, 0.5) is 11.5 Å². The molecule has 0 saturated carbocycles. The molecule has 2 fully saturated rings. The maximum Gasteiger partial charge on any atom is 0.147 e. The van der Waals surface area contributed by atoms with Crippen LogP contribution in [-0.4, -0.2) is 92.4 Å². The molecule has 0 aliphatic carbocycles. The van der Waals surface area contributed by atoms with Gasteiger partial charge in [0, 0.05) is 68.0 Å². The average molecular weight is 482 g/mol. The molecule has 7 heterocycles. The van der Waals surface area contributed by atoms with Crippen LogP contribution in [0.3, 0.4) is 0 Å². The van der Waals surface area contributed by atoms with Crippen LogP contribution in [0.25, 0.3) is 44.7 Å². The zero-order valence-electron chi connectivity index (χ0n) is 20.0. The Kier molecular flexibility index (Phi) is 4.86. The summed E-state index contributed by atoms with van der Waals surface area (Å²) >= 11 is 0. The van der Waals surface area contributed by atoms with Gasteiger partial charge in [0.15, 0.2) is 0 Å². The molecule has 182 valence electrons. The van der Waals surface area contributed by atoms with Gasteiger partial charge in [0.25, 0.3) is 0 Å². The van der Waals surface area contributed by atoms with Crippen LogP contribution in [0, 0.1) is 0 Å². The van der Waals surface area contributed by atoms with Gasteiger partial charge in [-0.15, -0.1) is 0 Å². The molecule has 2 aliphatic rings. The minimum Gasteiger partial charge on any atom is -0.368 e. The predicted octanol–water partition coefficient (Wildman–Crippen LogP) is 1.86. The molecule has 0 bridgehead atoms. The van der Waals surface area contributed by atoms with Crippen LogP contribution in [0.1, 0.15) is 0 Å². The van der Waals surface area contributed by atoms with Crippen LogP contribution in [0.2, 0.25) is 0 Å². The molecule has 0 atom stereocenters. The Bertz CT molecular complexity index is 1560. The standard InChI is InChI=1S/C25H27N11/c1-34-4-6-35(7-5-34)22-2-3-28-25-17(22)9-19(31-25)24-16-8-18(29-11-20(16)32-33-24)21-10-27-12-23(30-21)36-13-15(26)14-36/h2-3,8-12,15H,4-7,13-14,26H2,1H3,(H,28,31)(H,32,33). The van der Waals surface area contributed by atoms with E-state index in [1.807, 2.05) is 12.3 Å². The van der Waals surface area contributed by atoms with E-state index in [4.69, 9.17) is 10.7 Å². The molecule has 36 heavy (non-hydrogen) atoms. The Hall–Kier alpha value is -4.09. The van der Waals surface area contributed by atoms with Crippen molar-refractivity contribution in [2.24, 2.45) is 5.73 Å². The van der Waals surface area contributed by atoms with Crippen LogP contribution in [0.5, 0.6) is 0 Å². The molecule has 7 rings (SSSR count). The maximum atomic E-state index is 5.94. The first-order chi connectivity index (χ1) is 17.6. The third-order valence-electron chi connectivity index (χ3n) is 7.17. The summed E-state index contributed by atoms with van der Waals surface area (Å²) in [6, 6.07) is 6.47. The number of hydrogen-bond donors (Lipinski definition) is 3. The van der Waals surface area contributed by atoms with E-state index in [9.17, 15) is 0 Å². The Balaban J connectivity index is 1.26. The smallest absolute Gasteiger partial charge is 0.147 e. The van der Waals surface area contributed by atoms with Crippen molar-refractivity contribution in [3.8, 4) is 22.8 Å². The summed E-state index contributed by atoms with van der Waals surface area (Å²) in [4.78, 5) is 28.8. The van der Waals surface area contributed by atoms with Gasteiger partial charge in [-0.3, -0.25) is 15.1 Å². The Morgan fingerprint density at radius 2 is 1.81 bits per heavy atom. The van der Waals surface area contributed by atoms with E-state index in [0.717, 1.165) is 89.8 Å². The number of anilines is 2. The zero-order chi connectivity index (χ0) is 24.2. The van der Waals surface area contributed by atoms with Crippen molar-refractivity contribution in [1.82, 2.24) is 40.0 Å².